The van der Waals surface area contributed by atoms with Crippen LogP contribution in [0.15, 0.2) is 45.7 Å². The van der Waals surface area contributed by atoms with Gasteiger partial charge >= 0.3 is 0 Å². The Bertz CT molecular complexity index is 1170. The van der Waals surface area contributed by atoms with Gasteiger partial charge in [-0.05, 0) is 30.3 Å². The molecule has 1 aromatic heterocycles. The zero-order chi connectivity index (χ0) is 18.2. The smallest absolute Gasteiger partial charge is 0.285 e. The summed E-state index contributed by atoms with van der Waals surface area (Å²) in [6.45, 7) is -0.114. The predicted octanol–water partition coefficient (Wildman–Crippen LogP) is 3.56. The first kappa shape index (κ1) is 17.6. The summed E-state index contributed by atoms with van der Waals surface area (Å²) in [5.41, 5.74) is 0.00871. The molecule has 2 aromatic carbocycles. The van der Waals surface area contributed by atoms with Gasteiger partial charge in [0.25, 0.3) is 10.0 Å². The highest BCUT2D eigenvalue weighted by molar-refractivity contribution is 7.90. The third-order valence-corrected chi connectivity index (χ3v) is 5.93. The van der Waals surface area contributed by atoms with Gasteiger partial charge in [0.15, 0.2) is 5.82 Å². The summed E-state index contributed by atoms with van der Waals surface area (Å²) in [5, 5.41) is 0.376. The highest BCUT2D eigenvalue weighted by Gasteiger charge is 2.17. The van der Waals surface area contributed by atoms with Crippen molar-refractivity contribution in [2.24, 2.45) is 4.40 Å². The second-order valence-corrected chi connectivity index (χ2v) is 7.98. The highest BCUT2D eigenvalue weighted by Crippen LogP contribution is 2.23. The van der Waals surface area contributed by atoms with Gasteiger partial charge in [-0.1, -0.05) is 28.9 Å². The van der Waals surface area contributed by atoms with Gasteiger partial charge in [0.05, 0.1) is 21.7 Å². The number of sulfonamides is 1. The van der Waals surface area contributed by atoms with E-state index < -0.39 is 21.7 Å². The van der Waals surface area contributed by atoms with Gasteiger partial charge in [-0.25, -0.2) is 8.78 Å². The zero-order valence-electron chi connectivity index (χ0n) is 12.4. The van der Waals surface area contributed by atoms with Crippen molar-refractivity contribution < 1.29 is 17.2 Å². The number of thiazole rings is 1. The molecule has 0 fully saturated rings. The second kappa shape index (κ2) is 6.59. The fraction of sp³-hybridized carbons (Fsp3) is 0.0625. The summed E-state index contributed by atoms with van der Waals surface area (Å²) < 4.78 is 57.6. The van der Waals surface area contributed by atoms with Crippen molar-refractivity contribution in [2.45, 2.75) is 11.4 Å². The molecular weight excluding hydrogens is 390 g/mol. The Morgan fingerprint density at radius 3 is 2.56 bits per heavy atom. The van der Waals surface area contributed by atoms with Crippen LogP contribution in [0.5, 0.6) is 0 Å². The lowest BCUT2D eigenvalue weighted by molar-refractivity contribution is 0.585. The van der Waals surface area contributed by atoms with Crippen molar-refractivity contribution in [3.63, 3.8) is 0 Å². The van der Waals surface area contributed by atoms with Crippen molar-refractivity contribution in [3.8, 4) is 12.3 Å². The first-order valence-electron chi connectivity index (χ1n) is 6.80. The van der Waals surface area contributed by atoms with Crippen LogP contribution in [-0.2, 0) is 16.6 Å². The van der Waals surface area contributed by atoms with Gasteiger partial charge in [0, 0.05) is 11.1 Å². The third kappa shape index (κ3) is 3.44. The van der Waals surface area contributed by atoms with Crippen molar-refractivity contribution in [1.29, 1.82) is 0 Å². The van der Waals surface area contributed by atoms with Crippen LogP contribution >= 0.6 is 22.9 Å². The quantitative estimate of drug-likeness (QED) is 0.633. The van der Waals surface area contributed by atoms with Crippen LogP contribution in [0.25, 0.3) is 10.2 Å². The van der Waals surface area contributed by atoms with E-state index in [1.165, 1.54) is 28.8 Å². The van der Waals surface area contributed by atoms with E-state index in [1.54, 1.807) is 0 Å². The van der Waals surface area contributed by atoms with Crippen LogP contribution in [0.3, 0.4) is 0 Å². The molecule has 4 nitrogen and oxygen atoms in total. The lowest BCUT2D eigenvalue weighted by Gasteiger charge is -2.02. The average Bonchev–Trinajstić information content (AvgIpc) is 2.85. The minimum absolute atomic E-state index is 0.00871. The molecule has 0 aliphatic heterocycles. The number of benzene rings is 2. The molecule has 0 radical (unpaired) electrons. The van der Waals surface area contributed by atoms with Crippen LogP contribution in [0.4, 0.5) is 8.78 Å². The average molecular weight is 399 g/mol. The molecule has 128 valence electrons. The molecule has 0 amide bonds. The lowest BCUT2D eigenvalue weighted by atomic mass is 10.3. The maximum Gasteiger partial charge on any atom is 0.285 e. The third-order valence-electron chi connectivity index (χ3n) is 3.25. The Morgan fingerprint density at radius 2 is 1.92 bits per heavy atom. The second-order valence-electron chi connectivity index (χ2n) is 4.93. The van der Waals surface area contributed by atoms with Gasteiger partial charge < -0.3 is 4.57 Å². The Kier molecular flexibility index (Phi) is 4.64. The van der Waals surface area contributed by atoms with Crippen LogP contribution < -0.4 is 4.80 Å². The number of terminal acetylenes is 1. The lowest BCUT2D eigenvalue weighted by Crippen LogP contribution is -2.17. The minimum Gasteiger partial charge on any atom is -0.302 e. The highest BCUT2D eigenvalue weighted by atomic mass is 35.5. The number of aromatic nitrogens is 1. The topological polar surface area (TPSA) is 51.4 Å². The number of halogens is 3. The van der Waals surface area contributed by atoms with E-state index >= 15 is 0 Å². The van der Waals surface area contributed by atoms with Gasteiger partial charge in [-0.15, -0.1) is 10.8 Å². The molecule has 0 aliphatic carbocycles. The molecule has 9 heteroatoms. The standard InChI is InChI=1S/C16H9ClF2N2O2S2/c1-2-7-21-15-13(19)8-11(18)9-14(15)24-16(21)20-25(22,23)12-5-3-10(17)4-6-12/h1,3-6,8-9H,7H2/b20-16-. The molecule has 0 spiro atoms. The summed E-state index contributed by atoms with van der Waals surface area (Å²) in [6, 6.07) is 7.25. The predicted molar refractivity (Wildman–Crippen MR) is 92.8 cm³/mol. The number of rotatable bonds is 3. The molecule has 0 N–H and O–H groups in total. The largest absolute Gasteiger partial charge is 0.302 e. The summed E-state index contributed by atoms with van der Waals surface area (Å²) in [5.74, 6) is 0.702. The van der Waals surface area contributed by atoms with Crippen LogP contribution in [0.2, 0.25) is 5.02 Å². The van der Waals surface area contributed by atoms with E-state index in [0.29, 0.717) is 11.1 Å². The fourth-order valence-electron chi connectivity index (χ4n) is 2.20. The zero-order valence-corrected chi connectivity index (χ0v) is 14.8. The number of fused-ring (bicyclic) bond motifs is 1. The fourth-order valence-corrected chi connectivity index (χ4v) is 4.60. The van der Waals surface area contributed by atoms with Gasteiger partial charge in [-0.2, -0.15) is 8.42 Å². The van der Waals surface area contributed by atoms with Crippen molar-refractivity contribution in [1.82, 2.24) is 4.57 Å². The summed E-state index contributed by atoms with van der Waals surface area (Å²) in [7, 11) is -4.07. The van der Waals surface area contributed by atoms with E-state index in [2.05, 4.69) is 10.3 Å². The summed E-state index contributed by atoms with van der Waals surface area (Å²) >= 11 is 6.58. The van der Waals surface area contributed by atoms with E-state index in [1.807, 2.05) is 0 Å². The van der Waals surface area contributed by atoms with Crippen LogP contribution in [0, 0.1) is 24.0 Å². The normalized spacial score (nSPS) is 12.5. The number of nitrogens with zero attached hydrogens (tertiary/aromatic N) is 2. The summed E-state index contributed by atoms with van der Waals surface area (Å²) in [4.78, 5) is -0.124. The molecule has 0 atom stereocenters. The monoisotopic (exact) mass is 398 g/mol. The van der Waals surface area contributed by atoms with Crippen molar-refractivity contribution in [2.75, 3.05) is 0 Å². The molecule has 0 unspecified atom stereocenters. The van der Waals surface area contributed by atoms with Crippen molar-refractivity contribution in [3.05, 3.63) is 57.9 Å². The molecule has 3 aromatic rings. The van der Waals surface area contributed by atoms with Crippen molar-refractivity contribution >= 4 is 43.2 Å². The SMILES string of the molecule is C#CCn1/c(=N/S(=O)(=O)c2ccc(Cl)cc2)sc2cc(F)cc(F)c21. The first-order valence-corrected chi connectivity index (χ1v) is 9.44. The Labute approximate surface area is 151 Å². The molecule has 3 rings (SSSR count). The van der Waals surface area contributed by atoms with Crippen LogP contribution in [-0.4, -0.2) is 13.0 Å². The molecule has 0 saturated carbocycles. The Balaban J connectivity index is 2.29. The van der Waals surface area contributed by atoms with Gasteiger partial charge in [-0.3, -0.25) is 0 Å². The molecule has 25 heavy (non-hydrogen) atoms. The molecule has 0 aliphatic rings. The number of hydrogen-bond acceptors (Lipinski definition) is 3. The molecular formula is C16H9ClF2N2O2S2. The maximum absolute atomic E-state index is 14.1. The Morgan fingerprint density at radius 1 is 1.24 bits per heavy atom. The van der Waals surface area contributed by atoms with E-state index in [0.717, 1.165) is 17.4 Å². The van der Waals surface area contributed by atoms with E-state index in [-0.39, 0.29) is 26.5 Å². The Hall–Kier alpha value is -2.21. The van der Waals surface area contributed by atoms with E-state index in [9.17, 15) is 17.2 Å². The van der Waals surface area contributed by atoms with Crippen LogP contribution in [0.1, 0.15) is 0 Å². The van der Waals surface area contributed by atoms with E-state index in [4.69, 9.17) is 18.0 Å². The van der Waals surface area contributed by atoms with Gasteiger partial charge in [0.2, 0.25) is 4.80 Å². The maximum atomic E-state index is 14.1. The molecule has 0 bridgehead atoms. The molecule has 0 saturated heterocycles. The minimum atomic E-state index is -4.07. The molecule has 1 heterocycles. The number of hydrogen-bond donors (Lipinski definition) is 0. The van der Waals surface area contributed by atoms with Gasteiger partial charge in [0.1, 0.15) is 5.82 Å². The first-order chi connectivity index (χ1) is 11.8. The summed E-state index contributed by atoms with van der Waals surface area (Å²) in [6.07, 6.45) is 5.28.